The number of carboxylic acid groups (broad SMARTS) is 1. The second kappa shape index (κ2) is 5.17. The fourth-order valence-corrected chi connectivity index (χ4v) is 1.65. The van der Waals surface area contributed by atoms with Gasteiger partial charge in [0.15, 0.2) is 5.82 Å². The zero-order valence-electron chi connectivity index (χ0n) is 7.20. The van der Waals surface area contributed by atoms with E-state index in [1.165, 1.54) is 6.20 Å². The maximum absolute atomic E-state index is 11.1. The molecule has 0 saturated carbocycles. The van der Waals surface area contributed by atoms with Gasteiger partial charge >= 0.3 is 5.97 Å². The number of hydrogen-bond acceptors (Lipinski definition) is 4. The molecule has 0 unspecified atom stereocenters. The summed E-state index contributed by atoms with van der Waals surface area (Å²) in [7, 11) is 0. The van der Waals surface area contributed by atoms with Crippen molar-refractivity contribution in [2.24, 2.45) is 0 Å². The average Bonchev–Trinajstić information content (AvgIpc) is 2.08. The summed E-state index contributed by atoms with van der Waals surface area (Å²) in [6, 6.07) is 0. The molecule has 1 amide bonds. The Morgan fingerprint density at radius 2 is 2.13 bits per heavy atom. The van der Waals surface area contributed by atoms with Crippen molar-refractivity contribution in [2.75, 3.05) is 5.32 Å². The second-order valence-electron chi connectivity index (χ2n) is 2.45. The van der Waals surface area contributed by atoms with Gasteiger partial charge in [0, 0.05) is 0 Å². The van der Waals surface area contributed by atoms with E-state index in [2.05, 4.69) is 47.1 Å². The summed E-state index contributed by atoms with van der Waals surface area (Å²) in [5.74, 6) is -1.67. The maximum atomic E-state index is 11.1. The molecule has 0 bridgehead atoms. The van der Waals surface area contributed by atoms with Gasteiger partial charge in [-0.3, -0.25) is 9.59 Å². The monoisotopic (exact) mass is 337 g/mol. The minimum absolute atomic E-state index is 0.185. The van der Waals surface area contributed by atoms with Crippen molar-refractivity contribution in [3.63, 3.8) is 0 Å². The smallest absolute Gasteiger partial charge is 0.312 e. The number of nitrogens with one attached hydrogen (secondary N) is 1. The van der Waals surface area contributed by atoms with Gasteiger partial charge < -0.3 is 10.4 Å². The van der Waals surface area contributed by atoms with Gasteiger partial charge in [0.2, 0.25) is 5.91 Å². The van der Waals surface area contributed by atoms with Crippen LogP contribution in [0.15, 0.2) is 15.4 Å². The number of halogens is 2. The minimum atomic E-state index is -1.20. The Bertz CT molecular complexity index is 410. The first-order valence-corrected chi connectivity index (χ1v) is 5.27. The van der Waals surface area contributed by atoms with Crippen LogP contribution in [0.25, 0.3) is 0 Å². The SMILES string of the molecule is O=C(O)CC(=O)Nc1ncc(Br)nc1Br. The van der Waals surface area contributed by atoms with Gasteiger partial charge in [-0.05, 0) is 31.9 Å². The van der Waals surface area contributed by atoms with Crippen molar-refractivity contribution >= 4 is 49.6 Å². The zero-order valence-corrected chi connectivity index (χ0v) is 10.4. The van der Waals surface area contributed by atoms with Crippen molar-refractivity contribution in [1.29, 1.82) is 0 Å². The van der Waals surface area contributed by atoms with Crippen LogP contribution in [-0.4, -0.2) is 27.0 Å². The number of carboxylic acids is 1. The summed E-state index contributed by atoms with van der Waals surface area (Å²) in [5.41, 5.74) is 0. The molecule has 1 aromatic rings. The van der Waals surface area contributed by atoms with E-state index in [1.54, 1.807) is 0 Å². The third-order valence-electron chi connectivity index (χ3n) is 1.27. The molecule has 1 aromatic heterocycles. The summed E-state index contributed by atoms with van der Waals surface area (Å²) >= 11 is 6.17. The molecule has 80 valence electrons. The molecule has 0 aliphatic carbocycles. The predicted molar refractivity (Wildman–Crippen MR) is 58.3 cm³/mol. The highest BCUT2D eigenvalue weighted by molar-refractivity contribution is 9.11. The van der Waals surface area contributed by atoms with Crippen LogP contribution < -0.4 is 5.32 Å². The number of carbonyl (C=O) groups excluding carboxylic acids is 1. The number of hydrogen-bond donors (Lipinski definition) is 2. The minimum Gasteiger partial charge on any atom is -0.481 e. The van der Waals surface area contributed by atoms with Crippen LogP contribution in [0.4, 0.5) is 5.82 Å². The molecule has 1 heterocycles. The summed E-state index contributed by atoms with van der Waals surface area (Å²) in [4.78, 5) is 29.0. The number of aromatic nitrogens is 2. The number of aliphatic carboxylic acids is 1. The van der Waals surface area contributed by atoms with Crippen LogP contribution >= 0.6 is 31.9 Å². The Kier molecular flexibility index (Phi) is 4.15. The third-order valence-corrected chi connectivity index (χ3v) is 2.21. The lowest BCUT2D eigenvalue weighted by Crippen LogP contribution is -2.17. The number of amides is 1. The highest BCUT2D eigenvalue weighted by atomic mass is 79.9. The highest BCUT2D eigenvalue weighted by Gasteiger charge is 2.11. The Hall–Kier alpha value is -1.02. The zero-order chi connectivity index (χ0) is 11.4. The molecule has 0 aromatic carbocycles. The van der Waals surface area contributed by atoms with Crippen molar-refractivity contribution in [2.45, 2.75) is 6.42 Å². The van der Waals surface area contributed by atoms with Gasteiger partial charge in [-0.2, -0.15) is 0 Å². The first-order chi connectivity index (χ1) is 6.99. The van der Waals surface area contributed by atoms with Crippen molar-refractivity contribution < 1.29 is 14.7 Å². The van der Waals surface area contributed by atoms with Gasteiger partial charge in [-0.15, -0.1) is 0 Å². The average molecular weight is 339 g/mol. The van der Waals surface area contributed by atoms with Crippen LogP contribution in [0, 0.1) is 0 Å². The van der Waals surface area contributed by atoms with Crippen LogP contribution in [0.2, 0.25) is 0 Å². The van der Waals surface area contributed by atoms with E-state index in [0.29, 0.717) is 9.21 Å². The first kappa shape index (κ1) is 12.1. The van der Waals surface area contributed by atoms with E-state index in [-0.39, 0.29) is 5.82 Å². The fourth-order valence-electron chi connectivity index (χ4n) is 0.744. The molecule has 0 spiro atoms. The van der Waals surface area contributed by atoms with E-state index in [4.69, 9.17) is 5.11 Å². The van der Waals surface area contributed by atoms with Gasteiger partial charge in [0.25, 0.3) is 0 Å². The first-order valence-electron chi connectivity index (χ1n) is 3.68. The van der Waals surface area contributed by atoms with Crippen LogP contribution in [0.5, 0.6) is 0 Å². The lowest BCUT2D eigenvalue weighted by molar-refractivity contribution is -0.139. The van der Waals surface area contributed by atoms with Crippen molar-refractivity contribution in [3.05, 3.63) is 15.4 Å². The van der Waals surface area contributed by atoms with Crippen LogP contribution in [-0.2, 0) is 9.59 Å². The van der Waals surface area contributed by atoms with Crippen LogP contribution in [0.1, 0.15) is 6.42 Å². The second-order valence-corrected chi connectivity index (χ2v) is 4.01. The number of anilines is 1. The van der Waals surface area contributed by atoms with Gasteiger partial charge in [0.1, 0.15) is 15.6 Å². The molecule has 15 heavy (non-hydrogen) atoms. The molecule has 1 rings (SSSR count). The standard InChI is InChI=1S/C7H5Br2N3O3/c8-3-2-10-7(6(9)11-3)12-4(13)1-5(14)15/h2H,1H2,(H,14,15)(H,10,12,13). The third kappa shape index (κ3) is 3.92. The van der Waals surface area contributed by atoms with E-state index in [0.717, 1.165) is 0 Å². The molecular weight excluding hydrogens is 334 g/mol. The molecule has 6 nitrogen and oxygen atoms in total. The lowest BCUT2D eigenvalue weighted by Gasteiger charge is -2.03. The molecule has 2 N–H and O–H groups in total. The Labute approximate surface area is 101 Å². The predicted octanol–water partition coefficient (Wildman–Crippen LogP) is 1.41. The normalized spacial score (nSPS) is 9.73. The van der Waals surface area contributed by atoms with E-state index in [1.807, 2.05) is 0 Å². The Morgan fingerprint density at radius 3 is 2.67 bits per heavy atom. The molecule has 0 aliphatic rings. The van der Waals surface area contributed by atoms with Gasteiger partial charge in [-0.25, -0.2) is 9.97 Å². The van der Waals surface area contributed by atoms with E-state index in [9.17, 15) is 9.59 Å². The molecule has 0 aliphatic heterocycles. The molecular formula is C7H5Br2N3O3. The van der Waals surface area contributed by atoms with E-state index >= 15 is 0 Å². The summed E-state index contributed by atoms with van der Waals surface area (Å²) in [6.07, 6.45) is 0.783. The van der Waals surface area contributed by atoms with E-state index < -0.39 is 18.3 Å². The molecule has 0 atom stereocenters. The quantitative estimate of drug-likeness (QED) is 0.813. The number of carbonyl (C=O) groups is 2. The molecule has 0 saturated heterocycles. The summed E-state index contributed by atoms with van der Waals surface area (Å²) in [6.45, 7) is 0. The van der Waals surface area contributed by atoms with Gasteiger partial charge in [0.05, 0.1) is 6.20 Å². The molecule has 0 fully saturated rings. The summed E-state index contributed by atoms with van der Waals surface area (Å²) in [5, 5.41) is 10.7. The number of nitrogens with zero attached hydrogens (tertiary/aromatic N) is 2. The fraction of sp³-hybridized carbons (Fsp3) is 0.143. The van der Waals surface area contributed by atoms with Crippen molar-refractivity contribution in [3.8, 4) is 0 Å². The number of rotatable bonds is 3. The van der Waals surface area contributed by atoms with Crippen LogP contribution in [0.3, 0.4) is 0 Å². The Balaban J connectivity index is 2.72. The van der Waals surface area contributed by atoms with Gasteiger partial charge in [-0.1, -0.05) is 0 Å². The summed E-state index contributed by atoms with van der Waals surface area (Å²) < 4.78 is 0.834. The lowest BCUT2D eigenvalue weighted by atomic mass is 10.4. The topological polar surface area (TPSA) is 92.2 Å². The largest absolute Gasteiger partial charge is 0.481 e. The maximum Gasteiger partial charge on any atom is 0.312 e. The highest BCUT2D eigenvalue weighted by Crippen LogP contribution is 2.19. The van der Waals surface area contributed by atoms with Crippen molar-refractivity contribution in [1.82, 2.24) is 9.97 Å². The Morgan fingerprint density at radius 1 is 1.47 bits per heavy atom. The molecule has 8 heteroatoms. The molecule has 0 radical (unpaired) electrons.